The Bertz CT molecular complexity index is 346. The molecule has 2 heterocycles. The molecule has 0 aromatic heterocycles. The van der Waals surface area contributed by atoms with Crippen molar-refractivity contribution in [2.45, 2.75) is 44.9 Å². The number of hydrogen-bond acceptors (Lipinski definition) is 3. The first-order valence-electron chi connectivity index (χ1n) is 8.99. The summed E-state index contributed by atoms with van der Waals surface area (Å²) >= 11 is 0. The molecule has 0 aromatic carbocycles. The maximum Gasteiger partial charge on any atom is 0.226 e. The Hall–Kier alpha value is -0.610. The molecule has 2 N–H and O–H groups in total. The number of carbonyl (C=O) groups excluding carboxylic acids is 1. The lowest BCUT2D eigenvalue weighted by atomic mass is 9.91. The molecule has 2 saturated heterocycles. The summed E-state index contributed by atoms with van der Waals surface area (Å²) in [5.41, 5.74) is 5.83. The van der Waals surface area contributed by atoms with E-state index in [1.54, 1.807) is 0 Å². The van der Waals surface area contributed by atoms with Gasteiger partial charge in [-0.1, -0.05) is 6.42 Å². The monoisotopic (exact) mass is 293 g/mol. The number of piperidine rings is 1. The molecule has 1 saturated carbocycles. The highest BCUT2D eigenvalue weighted by Crippen LogP contribution is 2.33. The number of hydrogen-bond donors (Lipinski definition) is 1. The molecule has 0 bridgehead atoms. The maximum absolute atomic E-state index is 12.7. The predicted molar refractivity (Wildman–Crippen MR) is 84.9 cm³/mol. The van der Waals surface area contributed by atoms with Gasteiger partial charge in [-0.3, -0.25) is 4.79 Å². The fourth-order valence-electron chi connectivity index (χ4n) is 4.54. The maximum atomic E-state index is 12.7. The zero-order chi connectivity index (χ0) is 14.7. The van der Waals surface area contributed by atoms with Gasteiger partial charge in [0.25, 0.3) is 0 Å². The normalized spacial score (nSPS) is 32.0. The lowest BCUT2D eigenvalue weighted by Gasteiger charge is -2.36. The Morgan fingerprint density at radius 1 is 0.952 bits per heavy atom. The molecule has 3 fully saturated rings. The highest BCUT2D eigenvalue weighted by atomic mass is 16.2. The summed E-state index contributed by atoms with van der Waals surface area (Å²) in [5, 5.41) is 0. The van der Waals surface area contributed by atoms with Gasteiger partial charge in [-0.05, 0) is 70.0 Å². The van der Waals surface area contributed by atoms with Crippen molar-refractivity contribution in [2.75, 3.05) is 39.3 Å². The van der Waals surface area contributed by atoms with Crippen molar-refractivity contribution >= 4 is 5.91 Å². The number of likely N-dealkylation sites (tertiary alicyclic amines) is 2. The number of rotatable bonds is 4. The van der Waals surface area contributed by atoms with Gasteiger partial charge < -0.3 is 15.5 Å². The van der Waals surface area contributed by atoms with Gasteiger partial charge in [0.15, 0.2) is 0 Å². The highest BCUT2D eigenvalue weighted by molar-refractivity contribution is 5.79. The molecule has 2 unspecified atom stereocenters. The van der Waals surface area contributed by atoms with E-state index in [1.807, 2.05) is 0 Å². The fourth-order valence-corrected chi connectivity index (χ4v) is 4.54. The average Bonchev–Trinajstić information content (AvgIpc) is 3.18. The first-order valence-corrected chi connectivity index (χ1v) is 8.99. The van der Waals surface area contributed by atoms with Crippen LogP contribution in [0.5, 0.6) is 0 Å². The number of carbonyl (C=O) groups is 1. The number of nitrogens with zero attached hydrogens (tertiary/aromatic N) is 2. The van der Waals surface area contributed by atoms with Crippen LogP contribution in [0.3, 0.4) is 0 Å². The van der Waals surface area contributed by atoms with Crippen LogP contribution in [-0.2, 0) is 4.79 Å². The molecule has 120 valence electrons. The van der Waals surface area contributed by atoms with Crippen LogP contribution in [0.15, 0.2) is 0 Å². The fraction of sp³-hybridized carbons (Fsp3) is 0.941. The van der Waals surface area contributed by atoms with E-state index in [-0.39, 0.29) is 5.92 Å². The Morgan fingerprint density at radius 2 is 1.67 bits per heavy atom. The molecule has 1 aliphatic carbocycles. The molecule has 21 heavy (non-hydrogen) atoms. The molecule has 2 atom stereocenters. The van der Waals surface area contributed by atoms with E-state index in [9.17, 15) is 4.79 Å². The van der Waals surface area contributed by atoms with Crippen molar-refractivity contribution in [3.8, 4) is 0 Å². The van der Waals surface area contributed by atoms with E-state index in [2.05, 4.69) is 9.80 Å². The molecule has 4 heteroatoms. The standard InChI is InChI=1S/C17H31N3O/c18-12-15-4-3-5-16(15)17(21)20-10-6-14(7-11-20)13-19-8-1-2-9-19/h14-16H,1-13,18H2. The molecule has 0 spiro atoms. The summed E-state index contributed by atoms with van der Waals surface area (Å²) < 4.78 is 0. The molecular weight excluding hydrogens is 262 g/mol. The first kappa shape index (κ1) is 15.3. The summed E-state index contributed by atoms with van der Waals surface area (Å²) in [6.07, 6.45) is 8.54. The molecule has 0 aromatic rings. The zero-order valence-electron chi connectivity index (χ0n) is 13.3. The Labute approximate surface area is 129 Å². The minimum Gasteiger partial charge on any atom is -0.342 e. The third-order valence-electron chi connectivity index (χ3n) is 5.92. The Kier molecular flexibility index (Phi) is 5.17. The molecule has 0 radical (unpaired) electrons. The Balaban J connectivity index is 1.45. The zero-order valence-corrected chi connectivity index (χ0v) is 13.3. The third-order valence-corrected chi connectivity index (χ3v) is 5.92. The number of amides is 1. The first-order chi connectivity index (χ1) is 10.3. The van der Waals surface area contributed by atoms with E-state index in [0.717, 1.165) is 31.8 Å². The summed E-state index contributed by atoms with van der Waals surface area (Å²) in [7, 11) is 0. The van der Waals surface area contributed by atoms with Crippen molar-refractivity contribution in [1.82, 2.24) is 9.80 Å². The second kappa shape index (κ2) is 7.10. The highest BCUT2D eigenvalue weighted by Gasteiger charge is 2.36. The smallest absolute Gasteiger partial charge is 0.226 e. The molecule has 4 nitrogen and oxygen atoms in total. The number of nitrogens with two attached hydrogens (primary N) is 1. The van der Waals surface area contributed by atoms with Crippen molar-refractivity contribution in [3.05, 3.63) is 0 Å². The largest absolute Gasteiger partial charge is 0.342 e. The van der Waals surface area contributed by atoms with Crippen LogP contribution < -0.4 is 5.73 Å². The van der Waals surface area contributed by atoms with Gasteiger partial charge in [-0.15, -0.1) is 0 Å². The van der Waals surface area contributed by atoms with Crippen LogP contribution in [0.1, 0.15) is 44.9 Å². The van der Waals surface area contributed by atoms with Crippen LogP contribution in [0.4, 0.5) is 0 Å². The molecular formula is C17H31N3O. The lowest BCUT2D eigenvalue weighted by molar-refractivity contribution is -0.138. The van der Waals surface area contributed by atoms with E-state index in [0.29, 0.717) is 18.4 Å². The van der Waals surface area contributed by atoms with Gasteiger partial charge in [0.05, 0.1) is 0 Å². The van der Waals surface area contributed by atoms with Crippen molar-refractivity contribution in [1.29, 1.82) is 0 Å². The summed E-state index contributed by atoms with van der Waals surface area (Å²) in [5.74, 6) is 1.88. The minimum atomic E-state index is 0.227. The van der Waals surface area contributed by atoms with E-state index in [4.69, 9.17) is 5.73 Å². The van der Waals surface area contributed by atoms with Crippen molar-refractivity contribution < 1.29 is 4.79 Å². The molecule has 3 aliphatic rings. The molecule has 3 rings (SSSR count). The van der Waals surface area contributed by atoms with Gasteiger partial charge in [0.1, 0.15) is 0 Å². The topological polar surface area (TPSA) is 49.6 Å². The van der Waals surface area contributed by atoms with Crippen molar-refractivity contribution in [3.63, 3.8) is 0 Å². The van der Waals surface area contributed by atoms with Gasteiger partial charge in [-0.2, -0.15) is 0 Å². The van der Waals surface area contributed by atoms with Gasteiger partial charge >= 0.3 is 0 Å². The lowest BCUT2D eigenvalue weighted by Crippen LogP contribution is -2.45. The average molecular weight is 293 g/mol. The SMILES string of the molecule is NCC1CCCC1C(=O)N1CCC(CN2CCCC2)CC1. The Morgan fingerprint density at radius 3 is 2.33 bits per heavy atom. The van der Waals surface area contributed by atoms with E-state index in [1.165, 1.54) is 51.7 Å². The van der Waals surface area contributed by atoms with Crippen LogP contribution in [0, 0.1) is 17.8 Å². The van der Waals surface area contributed by atoms with Gasteiger partial charge in [-0.25, -0.2) is 0 Å². The third kappa shape index (κ3) is 3.59. The predicted octanol–water partition coefficient (Wildman–Crippen LogP) is 1.70. The molecule has 2 aliphatic heterocycles. The van der Waals surface area contributed by atoms with Crippen LogP contribution in [0.25, 0.3) is 0 Å². The minimum absolute atomic E-state index is 0.227. The summed E-state index contributed by atoms with van der Waals surface area (Å²) in [6, 6.07) is 0. The summed E-state index contributed by atoms with van der Waals surface area (Å²) in [6.45, 7) is 6.48. The van der Waals surface area contributed by atoms with E-state index < -0.39 is 0 Å². The van der Waals surface area contributed by atoms with Crippen LogP contribution in [-0.4, -0.2) is 55.0 Å². The molecule has 1 amide bonds. The van der Waals surface area contributed by atoms with Crippen molar-refractivity contribution in [2.24, 2.45) is 23.5 Å². The van der Waals surface area contributed by atoms with Gasteiger partial charge in [0.2, 0.25) is 5.91 Å². The van der Waals surface area contributed by atoms with Gasteiger partial charge in [0, 0.05) is 25.6 Å². The van der Waals surface area contributed by atoms with Crippen LogP contribution in [0.2, 0.25) is 0 Å². The quantitative estimate of drug-likeness (QED) is 0.858. The summed E-state index contributed by atoms with van der Waals surface area (Å²) in [4.78, 5) is 17.4. The van der Waals surface area contributed by atoms with E-state index >= 15 is 0 Å². The second-order valence-electron chi connectivity index (χ2n) is 7.31. The van der Waals surface area contributed by atoms with Crippen LogP contribution >= 0.6 is 0 Å². The second-order valence-corrected chi connectivity index (χ2v) is 7.31.